The molecule has 0 fully saturated rings. The van der Waals surface area contributed by atoms with Gasteiger partial charge in [0.15, 0.2) is 0 Å². The third-order valence-corrected chi connectivity index (χ3v) is 3.24. The van der Waals surface area contributed by atoms with Crippen molar-refractivity contribution < 1.29 is 0 Å². The Kier molecular flexibility index (Phi) is 2.95. The van der Waals surface area contributed by atoms with E-state index in [0.717, 1.165) is 5.69 Å². The summed E-state index contributed by atoms with van der Waals surface area (Å²) < 4.78 is 0. The van der Waals surface area contributed by atoms with Gasteiger partial charge in [0.1, 0.15) is 0 Å². The predicted octanol–water partition coefficient (Wildman–Crippen LogP) is 2.55. The summed E-state index contributed by atoms with van der Waals surface area (Å²) in [5.41, 5.74) is 7.90. The van der Waals surface area contributed by atoms with Crippen LogP contribution in [0.3, 0.4) is 0 Å². The Hall–Kier alpha value is -1.37. The largest absolute Gasteiger partial charge is 0.400 e. The molecule has 0 aromatic heterocycles. The predicted molar refractivity (Wildman–Crippen MR) is 65.5 cm³/mol. The van der Waals surface area contributed by atoms with Gasteiger partial charge in [-0.25, -0.2) is 0 Å². The molecule has 3 nitrogen and oxygen atoms in total. The Morgan fingerprint density at radius 1 is 1.25 bits per heavy atom. The van der Waals surface area contributed by atoms with Crippen molar-refractivity contribution in [3.05, 3.63) is 39.5 Å². The summed E-state index contributed by atoms with van der Waals surface area (Å²) in [5.74, 6) is 0. The standard InChI is InChI=1S/C11H9Cl2N3/c12-9-2-1-8(3-10(9)13)16-5-7(4-14)11(15)6-16/h1-3H,5-6,15H2. The second-order valence-corrected chi connectivity index (χ2v) is 4.38. The van der Waals surface area contributed by atoms with E-state index < -0.39 is 0 Å². The van der Waals surface area contributed by atoms with Crippen molar-refractivity contribution in [2.24, 2.45) is 5.73 Å². The summed E-state index contributed by atoms with van der Waals surface area (Å²) in [5, 5.41) is 9.86. The van der Waals surface area contributed by atoms with E-state index in [1.807, 2.05) is 11.0 Å². The van der Waals surface area contributed by atoms with Crippen LogP contribution in [0.15, 0.2) is 29.5 Å². The topological polar surface area (TPSA) is 53.1 Å². The average molecular weight is 254 g/mol. The summed E-state index contributed by atoms with van der Waals surface area (Å²) in [4.78, 5) is 1.98. The van der Waals surface area contributed by atoms with Crippen molar-refractivity contribution >= 4 is 28.9 Å². The highest BCUT2D eigenvalue weighted by molar-refractivity contribution is 6.42. The molecule has 5 heteroatoms. The third kappa shape index (κ3) is 1.95. The number of nitrogens with zero attached hydrogens (tertiary/aromatic N) is 2. The van der Waals surface area contributed by atoms with Crippen molar-refractivity contribution in [3.8, 4) is 6.07 Å². The summed E-state index contributed by atoms with van der Waals surface area (Å²) in [6.45, 7) is 1.08. The zero-order valence-electron chi connectivity index (χ0n) is 8.37. The maximum absolute atomic E-state index is 8.84. The maximum Gasteiger partial charge on any atom is 0.0985 e. The van der Waals surface area contributed by atoms with Crippen LogP contribution in [0.5, 0.6) is 0 Å². The molecule has 1 aromatic carbocycles. The molecule has 0 spiro atoms. The molecule has 1 aliphatic rings. The number of halogens is 2. The van der Waals surface area contributed by atoms with Crippen LogP contribution in [-0.2, 0) is 0 Å². The van der Waals surface area contributed by atoms with E-state index in [0.29, 0.717) is 34.4 Å². The van der Waals surface area contributed by atoms with Gasteiger partial charge in [0, 0.05) is 11.4 Å². The van der Waals surface area contributed by atoms with Crippen LogP contribution in [0.25, 0.3) is 0 Å². The second kappa shape index (κ2) is 4.25. The van der Waals surface area contributed by atoms with Gasteiger partial charge in [-0.3, -0.25) is 0 Å². The monoisotopic (exact) mass is 253 g/mol. The zero-order valence-corrected chi connectivity index (χ0v) is 9.89. The van der Waals surface area contributed by atoms with Crippen molar-refractivity contribution in [1.29, 1.82) is 5.26 Å². The SMILES string of the molecule is N#CC1=C(N)CN(c2ccc(Cl)c(Cl)c2)C1. The van der Waals surface area contributed by atoms with E-state index >= 15 is 0 Å². The molecule has 0 atom stereocenters. The highest BCUT2D eigenvalue weighted by atomic mass is 35.5. The Morgan fingerprint density at radius 3 is 2.56 bits per heavy atom. The lowest BCUT2D eigenvalue weighted by Crippen LogP contribution is -2.21. The second-order valence-electron chi connectivity index (χ2n) is 3.57. The lowest BCUT2D eigenvalue weighted by molar-refractivity contribution is 0.975. The molecule has 2 rings (SSSR count). The van der Waals surface area contributed by atoms with Crippen molar-refractivity contribution in [1.82, 2.24) is 0 Å². The first-order valence-electron chi connectivity index (χ1n) is 4.69. The molecule has 0 saturated carbocycles. The Bertz CT molecular complexity index is 502. The number of nitriles is 1. The van der Waals surface area contributed by atoms with Crippen LogP contribution in [-0.4, -0.2) is 13.1 Å². The number of hydrogen-bond donors (Lipinski definition) is 1. The van der Waals surface area contributed by atoms with Crippen molar-refractivity contribution in [3.63, 3.8) is 0 Å². The van der Waals surface area contributed by atoms with Crippen LogP contribution >= 0.6 is 23.2 Å². The minimum atomic E-state index is 0.503. The number of benzene rings is 1. The first kappa shape index (κ1) is 11.1. The normalized spacial score (nSPS) is 15.4. The van der Waals surface area contributed by atoms with E-state index in [1.54, 1.807) is 12.1 Å². The minimum Gasteiger partial charge on any atom is -0.400 e. The zero-order chi connectivity index (χ0) is 11.7. The molecule has 0 amide bonds. The highest BCUT2D eigenvalue weighted by Gasteiger charge is 2.20. The fourth-order valence-corrected chi connectivity index (χ4v) is 1.91. The van der Waals surface area contributed by atoms with Gasteiger partial charge >= 0.3 is 0 Å². The van der Waals surface area contributed by atoms with Crippen LogP contribution in [0.1, 0.15) is 0 Å². The molecular weight excluding hydrogens is 245 g/mol. The molecule has 0 aliphatic carbocycles. The summed E-state index contributed by atoms with van der Waals surface area (Å²) in [6, 6.07) is 7.47. The van der Waals surface area contributed by atoms with Gasteiger partial charge in [0.2, 0.25) is 0 Å². The molecule has 1 aromatic rings. The summed E-state index contributed by atoms with van der Waals surface area (Å²) >= 11 is 11.8. The Balaban J connectivity index is 2.24. The van der Waals surface area contributed by atoms with Gasteiger partial charge in [0.25, 0.3) is 0 Å². The summed E-state index contributed by atoms with van der Waals surface area (Å²) in [7, 11) is 0. The fraction of sp³-hybridized carbons (Fsp3) is 0.182. The molecule has 0 unspecified atom stereocenters. The number of hydrogen-bond acceptors (Lipinski definition) is 3. The summed E-state index contributed by atoms with van der Waals surface area (Å²) in [6.07, 6.45) is 0. The molecule has 1 aliphatic heterocycles. The lowest BCUT2D eigenvalue weighted by atomic mass is 10.3. The maximum atomic E-state index is 8.84. The van der Waals surface area contributed by atoms with Crippen LogP contribution in [0, 0.1) is 11.3 Å². The lowest BCUT2D eigenvalue weighted by Gasteiger charge is -2.18. The minimum absolute atomic E-state index is 0.503. The van der Waals surface area contributed by atoms with E-state index in [2.05, 4.69) is 6.07 Å². The van der Waals surface area contributed by atoms with Crippen LogP contribution in [0.2, 0.25) is 10.0 Å². The molecular formula is C11H9Cl2N3. The van der Waals surface area contributed by atoms with E-state index in [-0.39, 0.29) is 0 Å². The van der Waals surface area contributed by atoms with E-state index in [4.69, 9.17) is 34.2 Å². The first-order valence-corrected chi connectivity index (χ1v) is 5.45. The van der Waals surface area contributed by atoms with Gasteiger partial charge in [-0.1, -0.05) is 23.2 Å². The van der Waals surface area contributed by atoms with Crippen LogP contribution in [0.4, 0.5) is 5.69 Å². The van der Waals surface area contributed by atoms with Gasteiger partial charge in [0.05, 0.1) is 34.8 Å². The number of nitrogens with two attached hydrogens (primary N) is 1. The molecule has 0 bridgehead atoms. The molecule has 0 saturated heterocycles. The van der Waals surface area contributed by atoms with E-state index in [9.17, 15) is 0 Å². The Morgan fingerprint density at radius 2 is 2.00 bits per heavy atom. The van der Waals surface area contributed by atoms with Gasteiger partial charge in [-0.2, -0.15) is 5.26 Å². The van der Waals surface area contributed by atoms with E-state index in [1.165, 1.54) is 0 Å². The molecule has 82 valence electrons. The van der Waals surface area contributed by atoms with Gasteiger partial charge < -0.3 is 10.6 Å². The van der Waals surface area contributed by atoms with Crippen molar-refractivity contribution in [2.45, 2.75) is 0 Å². The Labute approximate surface area is 104 Å². The van der Waals surface area contributed by atoms with Crippen LogP contribution < -0.4 is 10.6 Å². The first-order chi connectivity index (χ1) is 7.61. The smallest absolute Gasteiger partial charge is 0.0985 e. The highest BCUT2D eigenvalue weighted by Crippen LogP contribution is 2.29. The van der Waals surface area contributed by atoms with Gasteiger partial charge in [-0.15, -0.1) is 0 Å². The quantitative estimate of drug-likeness (QED) is 0.837. The van der Waals surface area contributed by atoms with Crippen molar-refractivity contribution in [2.75, 3.05) is 18.0 Å². The molecule has 16 heavy (non-hydrogen) atoms. The fourth-order valence-electron chi connectivity index (χ4n) is 1.62. The third-order valence-electron chi connectivity index (χ3n) is 2.50. The number of anilines is 1. The average Bonchev–Trinajstić information content (AvgIpc) is 2.64. The molecule has 0 radical (unpaired) electrons. The molecule has 1 heterocycles. The number of rotatable bonds is 1. The molecule has 2 N–H and O–H groups in total. The van der Waals surface area contributed by atoms with Gasteiger partial charge in [-0.05, 0) is 18.2 Å².